The van der Waals surface area contributed by atoms with Gasteiger partial charge in [0.25, 0.3) is 0 Å². The molecule has 12 heavy (non-hydrogen) atoms. The maximum atomic E-state index is 9.36. The molecule has 0 saturated carbocycles. The number of rotatable bonds is 0. The van der Waals surface area contributed by atoms with Gasteiger partial charge in [0.2, 0.25) is 0 Å². The summed E-state index contributed by atoms with van der Waals surface area (Å²) in [6, 6.07) is 0. The molecule has 62 valence electrons. The predicted octanol–water partition coefficient (Wildman–Crippen LogP) is 2.62. The second kappa shape index (κ2) is 2.31. The molecule has 5 heteroatoms. The molecule has 0 fully saturated rings. The van der Waals surface area contributed by atoms with Crippen molar-refractivity contribution in [1.29, 1.82) is 0 Å². The highest BCUT2D eigenvalue weighted by molar-refractivity contribution is 7.17. The molecule has 0 aliphatic carbocycles. The van der Waals surface area contributed by atoms with E-state index < -0.39 is 0 Å². The third-order valence-electron chi connectivity index (χ3n) is 1.60. The van der Waals surface area contributed by atoms with E-state index in [1.165, 1.54) is 11.3 Å². The fraction of sp³-hybridized carbons (Fsp3) is 0.143. The number of azo groups is 1. The van der Waals surface area contributed by atoms with Gasteiger partial charge >= 0.3 is 0 Å². The first-order chi connectivity index (χ1) is 5.74. The molecule has 4 nitrogen and oxygen atoms in total. The number of nitrogens with zero attached hydrogens (tertiary/aromatic N) is 2. The van der Waals surface area contributed by atoms with Crippen LogP contribution in [0.2, 0.25) is 0 Å². The Morgan fingerprint density at radius 3 is 2.67 bits per heavy atom. The lowest BCUT2D eigenvalue weighted by atomic mass is 10.3. The molecule has 2 heterocycles. The van der Waals surface area contributed by atoms with Crippen LogP contribution in [0.5, 0.6) is 11.5 Å². The summed E-state index contributed by atoms with van der Waals surface area (Å²) in [7, 11) is 0. The molecule has 0 amide bonds. The minimum Gasteiger partial charge on any atom is -0.503 e. The first-order valence-corrected chi connectivity index (χ1v) is 4.19. The maximum absolute atomic E-state index is 9.36. The third-order valence-corrected chi connectivity index (χ3v) is 2.67. The van der Waals surface area contributed by atoms with Crippen LogP contribution in [-0.2, 0) is 0 Å². The average Bonchev–Trinajstić information content (AvgIpc) is 2.33. The molecular weight excluding hydrogens is 176 g/mol. The number of allylic oxidation sites excluding steroid dienone is 1. The van der Waals surface area contributed by atoms with Crippen molar-refractivity contribution >= 4 is 22.0 Å². The van der Waals surface area contributed by atoms with Crippen LogP contribution in [0, 0.1) is 0 Å². The van der Waals surface area contributed by atoms with Crippen molar-refractivity contribution in [3.05, 3.63) is 11.0 Å². The summed E-state index contributed by atoms with van der Waals surface area (Å²) in [6.07, 6.45) is 1.73. The zero-order valence-corrected chi connectivity index (χ0v) is 7.09. The molecular formula is C7H6N2O2S. The topological polar surface area (TPSA) is 65.2 Å². The van der Waals surface area contributed by atoms with E-state index in [1.54, 1.807) is 13.0 Å². The summed E-state index contributed by atoms with van der Waals surface area (Å²) in [5, 5.41) is 26.5. The number of fused-ring (bicyclic) bond motifs is 2. The van der Waals surface area contributed by atoms with E-state index in [4.69, 9.17) is 0 Å². The van der Waals surface area contributed by atoms with Crippen LogP contribution >= 0.6 is 11.3 Å². The van der Waals surface area contributed by atoms with E-state index in [-0.39, 0.29) is 11.5 Å². The summed E-state index contributed by atoms with van der Waals surface area (Å²) in [4.78, 5) is 0.583. The summed E-state index contributed by atoms with van der Waals surface area (Å²) in [5.74, 6) is -0.288. The second-order valence-corrected chi connectivity index (χ2v) is 3.31. The van der Waals surface area contributed by atoms with Gasteiger partial charge < -0.3 is 10.2 Å². The standard InChI is InChI=1S/C7H6N2O2S/c1-2-3-6-4(10)5(11)7(12-6)9-8-3/h2,10-11H,1H3. The van der Waals surface area contributed by atoms with E-state index >= 15 is 0 Å². The van der Waals surface area contributed by atoms with Gasteiger partial charge in [0.1, 0.15) is 10.6 Å². The van der Waals surface area contributed by atoms with Gasteiger partial charge in [-0.2, -0.15) is 0 Å². The molecule has 0 aromatic carbocycles. The normalized spacial score (nSPS) is 17.2. The SMILES string of the molecule is CC=C1N=Nc2sc1c(O)c2O. The largest absolute Gasteiger partial charge is 0.503 e. The predicted molar refractivity (Wildman–Crippen MR) is 45.8 cm³/mol. The third kappa shape index (κ3) is 0.767. The fourth-order valence-electron chi connectivity index (χ4n) is 0.977. The Morgan fingerprint density at radius 2 is 2.00 bits per heavy atom. The zero-order valence-electron chi connectivity index (χ0n) is 6.27. The highest BCUT2D eigenvalue weighted by Crippen LogP contribution is 2.52. The van der Waals surface area contributed by atoms with E-state index in [0.717, 1.165) is 0 Å². The number of hydrogen-bond donors (Lipinski definition) is 2. The second-order valence-electron chi connectivity index (χ2n) is 2.31. The van der Waals surface area contributed by atoms with Crippen LogP contribution in [0.15, 0.2) is 16.3 Å². The van der Waals surface area contributed by atoms with Crippen molar-refractivity contribution < 1.29 is 10.2 Å². The summed E-state index contributed by atoms with van der Waals surface area (Å²) in [6.45, 7) is 1.80. The lowest BCUT2D eigenvalue weighted by Gasteiger charge is -1.97. The van der Waals surface area contributed by atoms with Crippen molar-refractivity contribution in [1.82, 2.24) is 0 Å². The van der Waals surface area contributed by atoms with E-state index in [1.807, 2.05) is 0 Å². The van der Waals surface area contributed by atoms with Crippen molar-refractivity contribution in [3.8, 4) is 11.5 Å². The van der Waals surface area contributed by atoms with Gasteiger partial charge in [-0.3, -0.25) is 0 Å². The average molecular weight is 182 g/mol. The van der Waals surface area contributed by atoms with Gasteiger partial charge in [0, 0.05) is 0 Å². The van der Waals surface area contributed by atoms with E-state index in [0.29, 0.717) is 15.6 Å². The van der Waals surface area contributed by atoms with Crippen molar-refractivity contribution in [2.24, 2.45) is 10.2 Å². The van der Waals surface area contributed by atoms with Crippen LogP contribution < -0.4 is 0 Å². The maximum Gasteiger partial charge on any atom is 0.197 e. The van der Waals surface area contributed by atoms with Crippen LogP contribution in [0.4, 0.5) is 5.00 Å². The van der Waals surface area contributed by atoms with Gasteiger partial charge in [-0.15, -0.1) is 21.6 Å². The molecule has 2 N–H and O–H groups in total. The monoisotopic (exact) mass is 182 g/mol. The molecule has 1 aromatic heterocycles. The molecule has 1 aliphatic heterocycles. The Morgan fingerprint density at radius 1 is 1.25 bits per heavy atom. The molecule has 0 unspecified atom stereocenters. The van der Waals surface area contributed by atoms with Gasteiger partial charge in [0.15, 0.2) is 16.5 Å². The molecule has 2 bridgehead atoms. The highest BCUT2D eigenvalue weighted by Gasteiger charge is 2.22. The lowest BCUT2D eigenvalue weighted by Crippen LogP contribution is -1.74. The Hall–Kier alpha value is -1.36. The minimum atomic E-state index is -0.171. The summed E-state index contributed by atoms with van der Waals surface area (Å²) >= 11 is 1.23. The Kier molecular flexibility index (Phi) is 1.41. The molecule has 1 aliphatic rings. The van der Waals surface area contributed by atoms with Gasteiger partial charge in [-0.05, 0) is 6.92 Å². The molecule has 1 aromatic rings. The molecule has 0 spiro atoms. The fourth-order valence-corrected chi connectivity index (χ4v) is 1.90. The van der Waals surface area contributed by atoms with Crippen LogP contribution in [0.25, 0.3) is 5.70 Å². The van der Waals surface area contributed by atoms with Crippen LogP contribution in [-0.4, -0.2) is 10.2 Å². The molecule has 0 saturated heterocycles. The first kappa shape index (κ1) is 7.30. The quantitative estimate of drug-likeness (QED) is 0.647. The summed E-state index contributed by atoms with van der Waals surface area (Å²) < 4.78 is 0. The van der Waals surface area contributed by atoms with Crippen molar-refractivity contribution in [2.75, 3.05) is 0 Å². The van der Waals surface area contributed by atoms with E-state index in [9.17, 15) is 10.2 Å². The van der Waals surface area contributed by atoms with Crippen LogP contribution in [0.3, 0.4) is 0 Å². The zero-order chi connectivity index (χ0) is 8.72. The van der Waals surface area contributed by atoms with Gasteiger partial charge in [0.05, 0.1) is 0 Å². The van der Waals surface area contributed by atoms with Gasteiger partial charge in [-0.1, -0.05) is 6.08 Å². The molecule has 2 rings (SSSR count). The van der Waals surface area contributed by atoms with Crippen molar-refractivity contribution in [2.45, 2.75) is 6.92 Å². The van der Waals surface area contributed by atoms with Crippen molar-refractivity contribution in [3.63, 3.8) is 0 Å². The van der Waals surface area contributed by atoms with Crippen LogP contribution in [0.1, 0.15) is 11.8 Å². The Balaban J connectivity index is 2.72. The smallest absolute Gasteiger partial charge is 0.197 e. The number of thiophene rings is 1. The minimum absolute atomic E-state index is 0.117. The Labute approximate surface area is 72.5 Å². The van der Waals surface area contributed by atoms with E-state index in [2.05, 4.69) is 10.2 Å². The number of hydrogen-bond acceptors (Lipinski definition) is 5. The lowest BCUT2D eigenvalue weighted by molar-refractivity contribution is 0.408. The Bertz CT molecular complexity index is 392. The number of aromatic hydroxyl groups is 2. The molecule has 0 radical (unpaired) electrons. The first-order valence-electron chi connectivity index (χ1n) is 3.37. The summed E-state index contributed by atoms with van der Waals surface area (Å²) in [5.41, 5.74) is 0.602. The molecule has 0 atom stereocenters. The highest BCUT2D eigenvalue weighted by atomic mass is 32.1. The van der Waals surface area contributed by atoms with Gasteiger partial charge in [-0.25, -0.2) is 0 Å².